The van der Waals surface area contributed by atoms with Crippen LogP contribution in [0.2, 0.25) is 0 Å². The Labute approximate surface area is 161 Å². The predicted octanol–water partition coefficient (Wildman–Crippen LogP) is 4.08. The van der Waals surface area contributed by atoms with Gasteiger partial charge >= 0.3 is 11.9 Å². The summed E-state index contributed by atoms with van der Waals surface area (Å²) in [5.74, 6) is -1.57. The van der Waals surface area contributed by atoms with Gasteiger partial charge in [-0.15, -0.1) is 0 Å². The highest BCUT2D eigenvalue weighted by molar-refractivity contribution is 5.91. The molecule has 0 radical (unpaired) electrons. The number of hydrogen-bond donors (Lipinski definition) is 0. The SMILES string of the molecule is C=C1C(=O)OC2/C=C(\C)CC/C=C(\C)CCC(C(C)=O)C(OC(C)=O)CC12. The molecule has 2 aliphatic rings. The fourth-order valence-electron chi connectivity index (χ4n) is 3.86. The Morgan fingerprint density at radius 2 is 1.89 bits per heavy atom. The van der Waals surface area contributed by atoms with Crippen LogP contribution in [0.1, 0.15) is 59.8 Å². The molecule has 0 bridgehead atoms. The van der Waals surface area contributed by atoms with Gasteiger partial charge in [0.15, 0.2) is 0 Å². The summed E-state index contributed by atoms with van der Waals surface area (Å²) in [6.07, 6.45) is 6.65. The van der Waals surface area contributed by atoms with Gasteiger partial charge in [0.25, 0.3) is 0 Å². The minimum absolute atomic E-state index is 0.0111. The van der Waals surface area contributed by atoms with Gasteiger partial charge in [0.2, 0.25) is 0 Å². The van der Waals surface area contributed by atoms with E-state index in [1.165, 1.54) is 19.4 Å². The number of Topliss-reactive ketones (excluding diaryl/α,β-unsaturated/α-hetero) is 1. The fraction of sp³-hybridized carbons (Fsp3) is 0.591. The molecule has 4 unspecified atom stereocenters. The van der Waals surface area contributed by atoms with E-state index < -0.39 is 30.1 Å². The third kappa shape index (κ3) is 5.65. The largest absolute Gasteiger partial charge is 0.462 e. The van der Waals surface area contributed by atoms with Gasteiger partial charge < -0.3 is 9.47 Å². The maximum absolute atomic E-state index is 12.3. The van der Waals surface area contributed by atoms with Crippen molar-refractivity contribution in [2.45, 2.75) is 72.0 Å². The molecule has 2 rings (SSSR count). The molecule has 0 aromatic heterocycles. The molecular weight excluding hydrogens is 344 g/mol. The van der Waals surface area contributed by atoms with Crippen LogP contribution in [0.25, 0.3) is 0 Å². The second kappa shape index (κ2) is 9.16. The predicted molar refractivity (Wildman–Crippen MR) is 103 cm³/mol. The van der Waals surface area contributed by atoms with Gasteiger partial charge in [-0.1, -0.05) is 23.8 Å². The third-order valence-electron chi connectivity index (χ3n) is 5.45. The lowest BCUT2D eigenvalue weighted by Gasteiger charge is -2.28. The normalized spacial score (nSPS) is 33.8. The number of ketones is 1. The summed E-state index contributed by atoms with van der Waals surface area (Å²) in [7, 11) is 0. The Morgan fingerprint density at radius 3 is 2.52 bits per heavy atom. The van der Waals surface area contributed by atoms with Crippen LogP contribution in [-0.2, 0) is 23.9 Å². The zero-order chi connectivity index (χ0) is 20.1. The first kappa shape index (κ1) is 21.1. The first-order valence-electron chi connectivity index (χ1n) is 9.59. The van der Waals surface area contributed by atoms with Crippen molar-refractivity contribution < 1.29 is 23.9 Å². The summed E-state index contributed by atoms with van der Waals surface area (Å²) in [5.41, 5.74) is 2.75. The van der Waals surface area contributed by atoms with Gasteiger partial charge in [0.1, 0.15) is 18.0 Å². The lowest BCUT2D eigenvalue weighted by atomic mass is 9.82. The molecule has 5 heteroatoms. The van der Waals surface area contributed by atoms with E-state index in [9.17, 15) is 14.4 Å². The fourth-order valence-corrected chi connectivity index (χ4v) is 3.86. The number of fused-ring (bicyclic) bond motifs is 1. The lowest BCUT2D eigenvalue weighted by Crippen LogP contribution is -2.34. The van der Waals surface area contributed by atoms with Gasteiger partial charge in [-0.05, 0) is 59.0 Å². The highest BCUT2D eigenvalue weighted by Gasteiger charge is 2.41. The smallest absolute Gasteiger partial charge is 0.334 e. The molecule has 1 aliphatic heterocycles. The lowest BCUT2D eigenvalue weighted by molar-refractivity contribution is -0.152. The van der Waals surface area contributed by atoms with Crippen LogP contribution in [0.15, 0.2) is 35.5 Å². The summed E-state index contributed by atoms with van der Waals surface area (Å²) >= 11 is 0. The van der Waals surface area contributed by atoms with Gasteiger partial charge in [0.05, 0.1) is 5.92 Å². The van der Waals surface area contributed by atoms with Gasteiger partial charge in [-0.25, -0.2) is 4.79 Å². The molecule has 148 valence electrons. The van der Waals surface area contributed by atoms with E-state index in [4.69, 9.17) is 9.47 Å². The molecule has 0 spiro atoms. The van der Waals surface area contributed by atoms with E-state index >= 15 is 0 Å². The van der Waals surface area contributed by atoms with Crippen LogP contribution in [0.5, 0.6) is 0 Å². The van der Waals surface area contributed by atoms with Gasteiger partial charge in [-0.3, -0.25) is 9.59 Å². The van der Waals surface area contributed by atoms with Crippen LogP contribution in [0.3, 0.4) is 0 Å². The van der Waals surface area contributed by atoms with E-state index in [2.05, 4.69) is 19.6 Å². The maximum Gasteiger partial charge on any atom is 0.334 e. The number of rotatable bonds is 2. The summed E-state index contributed by atoms with van der Waals surface area (Å²) in [4.78, 5) is 36.1. The summed E-state index contributed by atoms with van der Waals surface area (Å²) in [6, 6.07) is 0. The zero-order valence-corrected chi connectivity index (χ0v) is 16.7. The number of carbonyl (C=O) groups excluding carboxylic acids is 3. The molecule has 5 nitrogen and oxygen atoms in total. The van der Waals surface area contributed by atoms with Crippen molar-refractivity contribution in [2.24, 2.45) is 11.8 Å². The van der Waals surface area contributed by atoms with E-state index in [1.807, 2.05) is 13.0 Å². The molecule has 0 saturated carbocycles. The molecule has 1 saturated heterocycles. The van der Waals surface area contributed by atoms with Crippen molar-refractivity contribution in [3.8, 4) is 0 Å². The minimum Gasteiger partial charge on any atom is -0.462 e. The number of hydrogen-bond acceptors (Lipinski definition) is 5. The molecule has 0 aromatic carbocycles. The molecule has 0 amide bonds. The monoisotopic (exact) mass is 374 g/mol. The van der Waals surface area contributed by atoms with E-state index in [0.29, 0.717) is 18.4 Å². The van der Waals surface area contributed by atoms with E-state index in [1.54, 1.807) is 0 Å². The van der Waals surface area contributed by atoms with Crippen LogP contribution in [0, 0.1) is 11.8 Å². The Morgan fingerprint density at radius 1 is 1.19 bits per heavy atom. The number of allylic oxidation sites excluding steroid dienone is 3. The number of carbonyl (C=O) groups is 3. The third-order valence-corrected chi connectivity index (χ3v) is 5.45. The van der Waals surface area contributed by atoms with E-state index in [0.717, 1.165) is 24.8 Å². The average Bonchev–Trinajstić information content (AvgIpc) is 2.81. The summed E-state index contributed by atoms with van der Waals surface area (Å²) in [6.45, 7) is 10.9. The topological polar surface area (TPSA) is 69.7 Å². The van der Waals surface area contributed by atoms with Crippen LogP contribution in [-0.4, -0.2) is 29.9 Å². The summed E-state index contributed by atoms with van der Waals surface area (Å²) < 4.78 is 11.0. The van der Waals surface area contributed by atoms with Crippen LogP contribution in [0.4, 0.5) is 0 Å². The molecule has 1 aliphatic carbocycles. The average molecular weight is 374 g/mol. The standard InChI is InChI=1S/C22H30O5/c1-13-7-6-8-14(2)11-20-19(15(3)22(25)27-20)12-21(26-17(5)24)18(10-9-13)16(4)23/h7,11,18-21H,3,6,8-10,12H2,1-2,4-5H3/b13-7+,14-11+. The van der Waals surface area contributed by atoms with E-state index in [-0.39, 0.29) is 11.7 Å². The first-order chi connectivity index (χ1) is 12.7. The van der Waals surface area contributed by atoms with Gasteiger partial charge in [0, 0.05) is 18.4 Å². The number of ether oxygens (including phenoxy) is 2. The molecule has 0 aromatic rings. The van der Waals surface area contributed by atoms with Crippen molar-refractivity contribution in [1.82, 2.24) is 0 Å². The molecule has 27 heavy (non-hydrogen) atoms. The van der Waals surface area contributed by atoms with Crippen molar-refractivity contribution in [3.05, 3.63) is 35.5 Å². The highest BCUT2D eigenvalue weighted by atomic mass is 16.6. The Hall–Kier alpha value is -2.17. The molecule has 4 atom stereocenters. The molecule has 0 N–H and O–H groups in total. The molecule has 1 heterocycles. The number of esters is 2. The Balaban J connectivity index is 2.41. The maximum atomic E-state index is 12.3. The van der Waals surface area contributed by atoms with Crippen molar-refractivity contribution in [1.29, 1.82) is 0 Å². The van der Waals surface area contributed by atoms with Crippen molar-refractivity contribution in [3.63, 3.8) is 0 Å². The highest BCUT2D eigenvalue weighted by Crippen LogP contribution is 2.36. The Bertz CT molecular complexity index is 685. The van der Waals surface area contributed by atoms with Crippen molar-refractivity contribution >= 4 is 17.7 Å². The van der Waals surface area contributed by atoms with Gasteiger partial charge in [-0.2, -0.15) is 0 Å². The molecule has 1 fully saturated rings. The molecular formula is C22H30O5. The zero-order valence-electron chi connectivity index (χ0n) is 16.7. The minimum atomic E-state index is -0.596. The van der Waals surface area contributed by atoms with Crippen molar-refractivity contribution in [2.75, 3.05) is 0 Å². The van der Waals surface area contributed by atoms with Crippen LogP contribution < -0.4 is 0 Å². The quantitative estimate of drug-likeness (QED) is 0.414. The second-order valence-corrected chi connectivity index (χ2v) is 7.74. The summed E-state index contributed by atoms with van der Waals surface area (Å²) in [5, 5.41) is 0. The second-order valence-electron chi connectivity index (χ2n) is 7.74. The first-order valence-corrected chi connectivity index (χ1v) is 9.59. The Kier molecular flexibility index (Phi) is 7.17. The van der Waals surface area contributed by atoms with Crippen LogP contribution >= 0.6 is 0 Å².